The lowest BCUT2D eigenvalue weighted by atomic mass is 10.1. The molecule has 0 spiro atoms. The Morgan fingerprint density at radius 3 is 2.71 bits per heavy atom. The number of carboxylic acids is 1. The van der Waals surface area contributed by atoms with Crippen molar-refractivity contribution in [1.29, 1.82) is 0 Å². The van der Waals surface area contributed by atoms with Crippen molar-refractivity contribution in [2.24, 2.45) is 5.73 Å². The van der Waals surface area contributed by atoms with Gasteiger partial charge in [-0.05, 0) is 6.42 Å². The van der Waals surface area contributed by atoms with Crippen molar-refractivity contribution in [2.75, 3.05) is 0 Å². The van der Waals surface area contributed by atoms with Gasteiger partial charge >= 0.3 is 5.97 Å². The highest BCUT2D eigenvalue weighted by Crippen LogP contribution is 2.01. The van der Waals surface area contributed by atoms with Gasteiger partial charge in [0.05, 0.1) is 17.9 Å². The standard InChI is InChI=1S/C8H10N4O4S/c9-6(13)2-1-4(8(15)16)11-7(14)5-3-10-17-12-5/h3-4H,1-2H2,(H2,9,13)(H,11,14)(H,15,16)/t4-/m0/s1. The van der Waals surface area contributed by atoms with Crippen LogP contribution in [0.2, 0.25) is 0 Å². The van der Waals surface area contributed by atoms with Gasteiger partial charge in [-0.15, -0.1) is 0 Å². The van der Waals surface area contributed by atoms with Crippen molar-refractivity contribution < 1.29 is 19.5 Å². The molecule has 0 aromatic carbocycles. The van der Waals surface area contributed by atoms with Crippen LogP contribution in [0, 0.1) is 0 Å². The number of nitrogens with two attached hydrogens (primary N) is 1. The van der Waals surface area contributed by atoms with Crippen LogP contribution in [-0.4, -0.2) is 37.7 Å². The molecule has 17 heavy (non-hydrogen) atoms. The Balaban J connectivity index is 2.58. The zero-order valence-corrected chi connectivity index (χ0v) is 9.44. The molecule has 0 unspecified atom stereocenters. The Morgan fingerprint density at radius 2 is 2.24 bits per heavy atom. The number of hydrogen-bond donors (Lipinski definition) is 3. The molecule has 0 radical (unpaired) electrons. The fourth-order valence-electron chi connectivity index (χ4n) is 1.04. The highest BCUT2D eigenvalue weighted by atomic mass is 32.1. The second kappa shape index (κ2) is 5.89. The van der Waals surface area contributed by atoms with Crippen LogP contribution >= 0.6 is 11.7 Å². The molecule has 0 saturated carbocycles. The third-order valence-corrected chi connectivity index (χ3v) is 2.35. The highest BCUT2D eigenvalue weighted by Gasteiger charge is 2.22. The van der Waals surface area contributed by atoms with Crippen molar-refractivity contribution in [2.45, 2.75) is 18.9 Å². The lowest BCUT2D eigenvalue weighted by molar-refractivity contribution is -0.139. The SMILES string of the molecule is NC(=O)CC[C@H](NC(=O)c1cnsn1)C(=O)O. The Labute approximate surface area is 100 Å². The number of amides is 2. The van der Waals surface area contributed by atoms with E-state index in [2.05, 4.69) is 14.1 Å². The molecule has 0 saturated heterocycles. The van der Waals surface area contributed by atoms with Crippen molar-refractivity contribution >= 4 is 29.5 Å². The summed E-state index contributed by atoms with van der Waals surface area (Å²) in [5, 5.41) is 11.1. The molecule has 9 heteroatoms. The molecule has 2 amide bonds. The van der Waals surface area contributed by atoms with Gasteiger partial charge in [-0.2, -0.15) is 8.75 Å². The Morgan fingerprint density at radius 1 is 1.53 bits per heavy atom. The molecule has 0 aliphatic carbocycles. The van der Waals surface area contributed by atoms with E-state index in [0.29, 0.717) is 0 Å². The number of carbonyl (C=O) groups excluding carboxylic acids is 2. The van der Waals surface area contributed by atoms with E-state index in [1.165, 1.54) is 6.20 Å². The summed E-state index contributed by atoms with van der Waals surface area (Å²) in [6.07, 6.45) is 1.05. The summed E-state index contributed by atoms with van der Waals surface area (Å²) in [5.41, 5.74) is 4.94. The summed E-state index contributed by atoms with van der Waals surface area (Å²) in [4.78, 5) is 32.8. The molecular weight excluding hydrogens is 248 g/mol. The van der Waals surface area contributed by atoms with E-state index >= 15 is 0 Å². The summed E-state index contributed by atoms with van der Waals surface area (Å²) in [6, 6.07) is -1.17. The molecule has 1 atom stereocenters. The van der Waals surface area contributed by atoms with Gasteiger partial charge in [0.1, 0.15) is 6.04 Å². The maximum absolute atomic E-state index is 11.5. The number of rotatable bonds is 6. The number of aliphatic carboxylic acids is 1. The van der Waals surface area contributed by atoms with Gasteiger partial charge in [-0.25, -0.2) is 4.79 Å². The zero-order valence-electron chi connectivity index (χ0n) is 8.62. The van der Waals surface area contributed by atoms with Crippen LogP contribution in [0.5, 0.6) is 0 Å². The topological polar surface area (TPSA) is 135 Å². The van der Waals surface area contributed by atoms with E-state index in [4.69, 9.17) is 10.8 Å². The first-order valence-electron chi connectivity index (χ1n) is 4.60. The number of hydrogen-bond acceptors (Lipinski definition) is 6. The molecule has 1 aromatic heterocycles. The van der Waals surface area contributed by atoms with Crippen LogP contribution in [0.3, 0.4) is 0 Å². The fourth-order valence-corrected chi connectivity index (χ4v) is 1.45. The van der Waals surface area contributed by atoms with Gasteiger partial charge in [0, 0.05) is 6.42 Å². The van der Waals surface area contributed by atoms with Crippen molar-refractivity contribution in [1.82, 2.24) is 14.1 Å². The number of carbonyl (C=O) groups is 3. The van der Waals surface area contributed by atoms with Gasteiger partial charge in [-0.3, -0.25) is 9.59 Å². The lowest BCUT2D eigenvalue weighted by Gasteiger charge is -2.12. The van der Waals surface area contributed by atoms with E-state index in [1.807, 2.05) is 0 Å². The van der Waals surface area contributed by atoms with E-state index < -0.39 is 23.8 Å². The monoisotopic (exact) mass is 258 g/mol. The van der Waals surface area contributed by atoms with Crippen LogP contribution in [-0.2, 0) is 9.59 Å². The van der Waals surface area contributed by atoms with Crippen LogP contribution in [0.1, 0.15) is 23.3 Å². The van der Waals surface area contributed by atoms with Gasteiger partial charge in [0.2, 0.25) is 5.91 Å². The van der Waals surface area contributed by atoms with Crippen molar-refractivity contribution in [3.8, 4) is 0 Å². The second-order valence-corrected chi connectivity index (χ2v) is 3.72. The summed E-state index contributed by atoms with van der Waals surface area (Å²) in [6.45, 7) is 0. The minimum absolute atomic E-state index is 0.0420. The van der Waals surface area contributed by atoms with E-state index in [-0.39, 0.29) is 18.5 Å². The molecule has 0 aliphatic rings. The minimum atomic E-state index is -1.23. The maximum atomic E-state index is 11.5. The third-order valence-electron chi connectivity index (χ3n) is 1.88. The number of aromatic nitrogens is 2. The average molecular weight is 258 g/mol. The molecule has 0 bridgehead atoms. The lowest BCUT2D eigenvalue weighted by Crippen LogP contribution is -2.41. The Kier molecular flexibility index (Phi) is 4.52. The molecule has 1 heterocycles. The van der Waals surface area contributed by atoms with Gasteiger partial charge in [0.25, 0.3) is 5.91 Å². The van der Waals surface area contributed by atoms with E-state index in [9.17, 15) is 14.4 Å². The predicted molar refractivity (Wildman–Crippen MR) is 57.2 cm³/mol. The molecule has 8 nitrogen and oxygen atoms in total. The third kappa shape index (κ3) is 4.15. The maximum Gasteiger partial charge on any atom is 0.326 e. The molecule has 1 rings (SSSR count). The second-order valence-electron chi connectivity index (χ2n) is 3.16. The van der Waals surface area contributed by atoms with Crippen molar-refractivity contribution in [3.05, 3.63) is 11.9 Å². The van der Waals surface area contributed by atoms with Crippen molar-refractivity contribution in [3.63, 3.8) is 0 Å². The molecular formula is C8H10N4O4S. The normalized spacial score (nSPS) is 11.8. The summed E-state index contributed by atoms with van der Waals surface area (Å²) >= 11 is 0.839. The largest absolute Gasteiger partial charge is 0.480 e. The smallest absolute Gasteiger partial charge is 0.326 e. The fraction of sp³-hybridized carbons (Fsp3) is 0.375. The van der Waals surface area contributed by atoms with Crippen LogP contribution in [0.15, 0.2) is 6.20 Å². The molecule has 92 valence electrons. The number of nitrogens with zero attached hydrogens (tertiary/aromatic N) is 2. The van der Waals surface area contributed by atoms with Gasteiger partial charge in [0.15, 0.2) is 5.69 Å². The molecule has 0 aliphatic heterocycles. The van der Waals surface area contributed by atoms with Gasteiger partial charge in [-0.1, -0.05) is 0 Å². The predicted octanol–water partition coefficient (Wildman–Crippen LogP) is -1.01. The van der Waals surface area contributed by atoms with Crippen LogP contribution < -0.4 is 11.1 Å². The Hall–Kier alpha value is -2.03. The van der Waals surface area contributed by atoms with Gasteiger partial charge < -0.3 is 16.2 Å². The highest BCUT2D eigenvalue weighted by molar-refractivity contribution is 6.99. The zero-order chi connectivity index (χ0) is 12.8. The van der Waals surface area contributed by atoms with Crippen LogP contribution in [0.4, 0.5) is 0 Å². The first kappa shape index (κ1) is 13.0. The van der Waals surface area contributed by atoms with Crippen LogP contribution in [0.25, 0.3) is 0 Å². The number of primary amides is 1. The summed E-state index contributed by atoms with van der Waals surface area (Å²) in [5.74, 6) is -2.50. The number of carboxylic acid groups (broad SMARTS) is 1. The minimum Gasteiger partial charge on any atom is -0.480 e. The van der Waals surface area contributed by atoms with E-state index in [1.54, 1.807) is 0 Å². The summed E-state index contributed by atoms with van der Waals surface area (Å²) < 4.78 is 7.28. The molecule has 1 aromatic rings. The average Bonchev–Trinajstić information content (AvgIpc) is 2.76. The summed E-state index contributed by atoms with van der Waals surface area (Å²) in [7, 11) is 0. The quantitative estimate of drug-likeness (QED) is 0.598. The number of nitrogens with one attached hydrogen (secondary N) is 1. The van der Waals surface area contributed by atoms with E-state index in [0.717, 1.165) is 11.7 Å². The molecule has 4 N–H and O–H groups in total. The first-order chi connectivity index (χ1) is 8.00. The molecule has 0 fully saturated rings. The Bertz CT molecular complexity index is 419. The first-order valence-corrected chi connectivity index (χ1v) is 5.33.